The van der Waals surface area contributed by atoms with E-state index in [1.165, 1.54) is 0 Å². The van der Waals surface area contributed by atoms with Crippen LogP contribution < -0.4 is 0 Å². The fourth-order valence-corrected chi connectivity index (χ4v) is 1.38. The first-order valence-electron chi connectivity index (χ1n) is 3.67. The van der Waals surface area contributed by atoms with Crippen LogP contribution in [0.2, 0.25) is 0 Å². The molecule has 0 atom stereocenters. The molecule has 0 amide bonds. The van der Waals surface area contributed by atoms with Crippen LogP contribution in [0.1, 0.15) is 16.7 Å². The number of phenolic OH excluding ortho intramolecular Hbond substituents is 2. The number of hydrogen-bond acceptors (Lipinski definition) is 3. The van der Waals surface area contributed by atoms with Crippen LogP contribution in [-0.2, 0) is 0 Å². The summed E-state index contributed by atoms with van der Waals surface area (Å²) >= 11 is 4.09. The molecule has 3 heteroatoms. The van der Waals surface area contributed by atoms with E-state index in [0.29, 0.717) is 21.6 Å². The van der Waals surface area contributed by atoms with Crippen molar-refractivity contribution in [3.63, 3.8) is 0 Å². The number of rotatable bonds is 0. The van der Waals surface area contributed by atoms with E-state index in [2.05, 4.69) is 12.6 Å². The molecule has 66 valence electrons. The average molecular weight is 184 g/mol. The Morgan fingerprint density at radius 1 is 0.833 bits per heavy atom. The first-order valence-corrected chi connectivity index (χ1v) is 4.12. The van der Waals surface area contributed by atoms with E-state index in [9.17, 15) is 10.2 Å². The first-order chi connectivity index (χ1) is 5.46. The summed E-state index contributed by atoms with van der Waals surface area (Å²) in [4.78, 5) is 0.454. The normalized spacial score (nSPS) is 10.3. The second-order valence-corrected chi connectivity index (χ2v) is 3.37. The molecule has 0 unspecified atom stereocenters. The van der Waals surface area contributed by atoms with Crippen LogP contribution >= 0.6 is 12.6 Å². The number of hydrogen-bond donors (Lipinski definition) is 3. The largest absolute Gasteiger partial charge is 0.507 e. The van der Waals surface area contributed by atoms with Crippen molar-refractivity contribution in [3.8, 4) is 11.5 Å². The highest BCUT2D eigenvalue weighted by atomic mass is 32.1. The van der Waals surface area contributed by atoms with Crippen LogP contribution in [0.3, 0.4) is 0 Å². The molecule has 1 aromatic rings. The van der Waals surface area contributed by atoms with Gasteiger partial charge in [0.25, 0.3) is 0 Å². The summed E-state index contributed by atoms with van der Waals surface area (Å²) in [6.45, 7) is 5.25. The first kappa shape index (κ1) is 9.26. The SMILES string of the molecule is Cc1c(C)c(O)c(S)c(C)c1O. The van der Waals surface area contributed by atoms with E-state index in [0.717, 1.165) is 0 Å². The van der Waals surface area contributed by atoms with Crippen LogP contribution in [0, 0.1) is 20.8 Å². The standard InChI is InChI=1S/C9H12O2S/c1-4-5(2)8(11)9(12)6(3)7(4)10/h10-12H,1-3H3. The molecule has 12 heavy (non-hydrogen) atoms. The summed E-state index contributed by atoms with van der Waals surface area (Å²) in [6, 6.07) is 0. The maximum absolute atomic E-state index is 9.53. The Morgan fingerprint density at radius 3 is 1.75 bits per heavy atom. The highest BCUT2D eigenvalue weighted by Gasteiger charge is 2.13. The van der Waals surface area contributed by atoms with Crippen LogP contribution in [0.4, 0.5) is 0 Å². The average Bonchev–Trinajstić information content (AvgIpc) is 2.08. The predicted octanol–water partition coefficient (Wildman–Crippen LogP) is 2.31. The van der Waals surface area contributed by atoms with E-state index in [-0.39, 0.29) is 11.5 Å². The van der Waals surface area contributed by atoms with Crippen LogP contribution in [0.15, 0.2) is 4.90 Å². The van der Waals surface area contributed by atoms with Crippen LogP contribution in [0.5, 0.6) is 11.5 Å². The molecule has 0 fully saturated rings. The Hall–Kier alpha value is -0.830. The van der Waals surface area contributed by atoms with Crippen molar-refractivity contribution in [1.82, 2.24) is 0 Å². The highest BCUT2D eigenvalue weighted by molar-refractivity contribution is 7.80. The second kappa shape index (κ2) is 2.90. The Labute approximate surface area is 77.3 Å². The molecule has 0 aliphatic carbocycles. The van der Waals surface area contributed by atoms with E-state index in [1.54, 1.807) is 20.8 Å². The molecule has 0 radical (unpaired) electrons. The molecular formula is C9H12O2S. The van der Waals surface area contributed by atoms with Gasteiger partial charge in [0.15, 0.2) is 0 Å². The second-order valence-electron chi connectivity index (χ2n) is 2.92. The Balaban J connectivity index is 3.60. The summed E-state index contributed by atoms with van der Waals surface area (Å²) in [5, 5.41) is 19.0. The van der Waals surface area contributed by atoms with Crippen molar-refractivity contribution in [1.29, 1.82) is 0 Å². The summed E-state index contributed by atoms with van der Waals surface area (Å²) in [6.07, 6.45) is 0. The van der Waals surface area contributed by atoms with Gasteiger partial charge in [0.05, 0.1) is 4.90 Å². The van der Waals surface area contributed by atoms with Crippen molar-refractivity contribution < 1.29 is 10.2 Å². The fourth-order valence-electron chi connectivity index (χ4n) is 1.10. The van der Waals surface area contributed by atoms with Gasteiger partial charge in [-0.15, -0.1) is 12.6 Å². The highest BCUT2D eigenvalue weighted by Crippen LogP contribution is 2.37. The smallest absolute Gasteiger partial charge is 0.132 e. The van der Waals surface area contributed by atoms with Gasteiger partial charge >= 0.3 is 0 Å². The Kier molecular flexibility index (Phi) is 2.24. The van der Waals surface area contributed by atoms with Crippen molar-refractivity contribution in [2.75, 3.05) is 0 Å². The fraction of sp³-hybridized carbons (Fsp3) is 0.333. The summed E-state index contributed by atoms with van der Waals surface area (Å²) < 4.78 is 0. The maximum Gasteiger partial charge on any atom is 0.132 e. The minimum Gasteiger partial charge on any atom is -0.507 e. The molecule has 0 heterocycles. The zero-order valence-corrected chi connectivity index (χ0v) is 8.24. The molecule has 0 aliphatic rings. The number of aromatic hydroxyl groups is 2. The molecule has 0 saturated carbocycles. The minimum absolute atomic E-state index is 0.158. The van der Waals surface area contributed by atoms with Crippen molar-refractivity contribution >= 4 is 12.6 Å². The number of thiol groups is 1. The lowest BCUT2D eigenvalue weighted by atomic mass is 10.0. The van der Waals surface area contributed by atoms with E-state index >= 15 is 0 Å². The molecule has 2 nitrogen and oxygen atoms in total. The maximum atomic E-state index is 9.53. The molecule has 0 aliphatic heterocycles. The lowest BCUT2D eigenvalue weighted by Gasteiger charge is -2.11. The quantitative estimate of drug-likeness (QED) is 0.428. The van der Waals surface area contributed by atoms with E-state index in [4.69, 9.17) is 0 Å². The Bertz CT molecular complexity index is 227. The molecule has 2 N–H and O–H groups in total. The van der Waals surface area contributed by atoms with Gasteiger partial charge in [0.2, 0.25) is 0 Å². The third kappa shape index (κ3) is 1.14. The molecule has 0 saturated heterocycles. The van der Waals surface area contributed by atoms with Crippen molar-refractivity contribution in [2.45, 2.75) is 25.7 Å². The Morgan fingerprint density at radius 2 is 1.25 bits per heavy atom. The predicted molar refractivity (Wildman–Crippen MR) is 51.2 cm³/mol. The van der Waals surface area contributed by atoms with Gasteiger partial charge in [-0.25, -0.2) is 0 Å². The third-order valence-electron chi connectivity index (χ3n) is 2.21. The van der Waals surface area contributed by atoms with Crippen LogP contribution in [0.25, 0.3) is 0 Å². The molecule has 0 aromatic heterocycles. The topological polar surface area (TPSA) is 40.5 Å². The molecular weight excluding hydrogens is 172 g/mol. The van der Waals surface area contributed by atoms with Gasteiger partial charge in [-0.2, -0.15) is 0 Å². The molecule has 1 aromatic carbocycles. The third-order valence-corrected chi connectivity index (χ3v) is 2.75. The zero-order valence-electron chi connectivity index (χ0n) is 7.34. The van der Waals surface area contributed by atoms with E-state index in [1.807, 2.05) is 0 Å². The monoisotopic (exact) mass is 184 g/mol. The van der Waals surface area contributed by atoms with Crippen LogP contribution in [-0.4, -0.2) is 10.2 Å². The lowest BCUT2D eigenvalue weighted by Crippen LogP contribution is -1.89. The molecule has 1 rings (SSSR count). The van der Waals surface area contributed by atoms with Gasteiger partial charge in [-0.05, 0) is 31.9 Å². The summed E-state index contributed by atoms with van der Waals surface area (Å²) in [5.41, 5.74) is 2.02. The summed E-state index contributed by atoms with van der Waals surface area (Å²) in [5.74, 6) is 0.376. The van der Waals surface area contributed by atoms with Gasteiger partial charge in [-0.1, -0.05) is 0 Å². The van der Waals surface area contributed by atoms with Gasteiger partial charge in [0.1, 0.15) is 11.5 Å². The zero-order chi connectivity index (χ0) is 9.46. The molecule has 0 bridgehead atoms. The molecule has 0 spiro atoms. The van der Waals surface area contributed by atoms with E-state index < -0.39 is 0 Å². The number of benzene rings is 1. The van der Waals surface area contributed by atoms with Gasteiger partial charge in [-0.3, -0.25) is 0 Å². The van der Waals surface area contributed by atoms with Gasteiger partial charge in [0, 0.05) is 5.56 Å². The lowest BCUT2D eigenvalue weighted by molar-refractivity contribution is 0.438. The minimum atomic E-state index is 0.158. The number of phenols is 2. The van der Waals surface area contributed by atoms with Crippen molar-refractivity contribution in [3.05, 3.63) is 16.7 Å². The van der Waals surface area contributed by atoms with Gasteiger partial charge < -0.3 is 10.2 Å². The van der Waals surface area contributed by atoms with Crippen molar-refractivity contribution in [2.24, 2.45) is 0 Å². The summed E-state index contributed by atoms with van der Waals surface area (Å²) in [7, 11) is 0.